The van der Waals surface area contributed by atoms with Gasteiger partial charge in [0, 0.05) is 0 Å². The maximum absolute atomic E-state index is 9.86. The average Bonchev–Trinajstić information content (AvgIpc) is 1.87. The molecule has 0 aliphatic rings. The third-order valence-corrected chi connectivity index (χ3v) is 0.641. The molecule has 0 aromatic rings. The second-order valence-electron chi connectivity index (χ2n) is 2.17. The van der Waals surface area contributed by atoms with Crippen LogP contribution in [-0.2, 0) is 4.79 Å². The van der Waals surface area contributed by atoms with Crippen LogP contribution < -0.4 is 0 Å². The lowest BCUT2D eigenvalue weighted by Crippen LogP contribution is -2.11. The first-order valence-electron chi connectivity index (χ1n) is 3.45. The summed E-state index contributed by atoms with van der Waals surface area (Å²) in [7, 11) is 0. The molecule has 0 unspecified atom stereocenters. The first-order chi connectivity index (χ1) is 4.97. The highest BCUT2D eigenvalue weighted by molar-refractivity contribution is 6.40. The second kappa shape index (κ2) is 6.99. The minimum atomic E-state index is -1.22. The highest BCUT2D eigenvalue weighted by atomic mass is 16.4. The molecule has 3 heteroatoms. The summed E-state index contributed by atoms with van der Waals surface area (Å²) in [6.45, 7) is 9.00. The van der Waals surface area contributed by atoms with Crippen LogP contribution in [0.2, 0.25) is 0 Å². The molecule has 0 aromatic heterocycles. The number of carbonyl (C=O) groups is 1. The Kier molecular flexibility index (Phi) is 7.98. The van der Waals surface area contributed by atoms with Gasteiger partial charge in [-0.2, -0.15) is 0 Å². The van der Waals surface area contributed by atoms with Crippen molar-refractivity contribution >= 4 is 11.7 Å². The number of rotatable bonds is 2. The van der Waals surface area contributed by atoms with Gasteiger partial charge in [0.25, 0.3) is 0 Å². The maximum atomic E-state index is 9.86. The summed E-state index contributed by atoms with van der Waals surface area (Å²) in [6.07, 6.45) is 1.25. The molecule has 0 heterocycles. The van der Waals surface area contributed by atoms with Crippen molar-refractivity contribution in [3.8, 4) is 0 Å². The van der Waals surface area contributed by atoms with Crippen LogP contribution in [-0.4, -0.2) is 16.8 Å². The van der Waals surface area contributed by atoms with Crippen LogP contribution in [0.3, 0.4) is 0 Å². The zero-order valence-corrected chi connectivity index (χ0v) is 7.27. The fraction of sp³-hybridized carbons (Fsp3) is 0.500. The fourth-order valence-electron chi connectivity index (χ4n) is 0.183. The van der Waals surface area contributed by atoms with Gasteiger partial charge in [0.05, 0.1) is 0 Å². The Morgan fingerprint density at radius 1 is 1.55 bits per heavy atom. The number of aliphatic carboxylic acids is 1. The van der Waals surface area contributed by atoms with E-state index < -0.39 is 11.7 Å². The molecule has 0 amide bonds. The van der Waals surface area contributed by atoms with E-state index in [2.05, 4.69) is 20.4 Å². The van der Waals surface area contributed by atoms with Crippen molar-refractivity contribution in [1.82, 2.24) is 0 Å². The molecule has 0 bridgehead atoms. The smallest absolute Gasteiger partial charge is 0.354 e. The summed E-state index contributed by atoms with van der Waals surface area (Å²) >= 11 is 0. The minimum absolute atomic E-state index is 0.275. The average molecular weight is 157 g/mol. The van der Waals surface area contributed by atoms with Crippen molar-refractivity contribution < 1.29 is 9.90 Å². The molecule has 0 saturated heterocycles. The molecule has 0 spiro atoms. The van der Waals surface area contributed by atoms with Crippen LogP contribution in [0, 0.1) is 5.41 Å². The van der Waals surface area contributed by atoms with Crippen LogP contribution in [0.15, 0.2) is 12.2 Å². The van der Waals surface area contributed by atoms with Gasteiger partial charge >= 0.3 is 5.97 Å². The number of carboxylic acid groups (broad SMARTS) is 1. The fourth-order valence-corrected chi connectivity index (χ4v) is 0.183. The van der Waals surface area contributed by atoms with E-state index in [0.717, 1.165) is 0 Å². The summed E-state index contributed by atoms with van der Waals surface area (Å²) in [5.41, 5.74) is -0.150. The van der Waals surface area contributed by atoms with Gasteiger partial charge in [0.1, 0.15) is 5.71 Å². The van der Waals surface area contributed by atoms with Crippen LogP contribution >= 0.6 is 0 Å². The molecular formula is C8H15NO2. The number of carboxylic acids is 1. The lowest BCUT2D eigenvalue weighted by Gasteiger charge is -1.90. The standard InChI is InChI=1S/C5H7NO2.C3H8/c1-3(2)4(6)5(7)8;1-3-2/h6H,1H2,2H3,(H,7,8);3H2,1-2H3. The Balaban J connectivity index is 0. The van der Waals surface area contributed by atoms with Gasteiger partial charge < -0.3 is 5.11 Å². The van der Waals surface area contributed by atoms with Gasteiger partial charge in [0.15, 0.2) is 0 Å². The van der Waals surface area contributed by atoms with Gasteiger partial charge in [-0.05, 0) is 12.5 Å². The molecule has 0 atom stereocenters. The molecule has 0 rings (SSSR count). The van der Waals surface area contributed by atoms with Crippen LogP contribution in [0.25, 0.3) is 0 Å². The van der Waals surface area contributed by atoms with E-state index in [1.807, 2.05) is 0 Å². The first kappa shape index (κ1) is 12.5. The number of nitrogens with one attached hydrogen (secondary N) is 1. The molecule has 3 nitrogen and oxygen atoms in total. The van der Waals surface area contributed by atoms with Gasteiger partial charge in [-0.3, -0.25) is 5.41 Å². The third kappa shape index (κ3) is 8.88. The SMILES string of the molecule is C=C(C)C(=N)C(=O)O.CCC. The molecule has 0 aliphatic heterocycles. The minimum Gasteiger partial charge on any atom is -0.477 e. The second-order valence-corrected chi connectivity index (χ2v) is 2.17. The Morgan fingerprint density at radius 3 is 1.82 bits per heavy atom. The summed E-state index contributed by atoms with van der Waals surface area (Å²) in [5.74, 6) is -1.22. The Labute approximate surface area is 67.3 Å². The summed E-state index contributed by atoms with van der Waals surface area (Å²) in [5, 5.41) is 14.8. The predicted octanol–water partition coefficient (Wildman–Crippen LogP) is 2.08. The van der Waals surface area contributed by atoms with Crippen molar-refractivity contribution in [1.29, 1.82) is 5.41 Å². The van der Waals surface area contributed by atoms with E-state index in [0.29, 0.717) is 0 Å². The van der Waals surface area contributed by atoms with E-state index in [4.69, 9.17) is 10.5 Å². The Morgan fingerprint density at radius 2 is 1.82 bits per heavy atom. The molecule has 0 aromatic carbocycles. The summed E-state index contributed by atoms with van der Waals surface area (Å²) in [6, 6.07) is 0. The van der Waals surface area contributed by atoms with Crippen LogP contribution in [0.1, 0.15) is 27.2 Å². The molecule has 11 heavy (non-hydrogen) atoms. The van der Waals surface area contributed by atoms with Gasteiger partial charge in [-0.15, -0.1) is 0 Å². The predicted molar refractivity (Wildman–Crippen MR) is 46.1 cm³/mol. The van der Waals surface area contributed by atoms with Gasteiger partial charge in [-0.25, -0.2) is 4.79 Å². The summed E-state index contributed by atoms with van der Waals surface area (Å²) in [4.78, 5) is 9.86. The number of hydrogen-bond acceptors (Lipinski definition) is 2. The van der Waals surface area contributed by atoms with E-state index in [9.17, 15) is 4.79 Å². The van der Waals surface area contributed by atoms with E-state index >= 15 is 0 Å². The van der Waals surface area contributed by atoms with Gasteiger partial charge in [-0.1, -0.05) is 26.8 Å². The van der Waals surface area contributed by atoms with Crippen molar-refractivity contribution in [3.05, 3.63) is 12.2 Å². The van der Waals surface area contributed by atoms with Crippen molar-refractivity contribution in [2.75, 3.05) is 0 Å². The highest BCUT2D eigenvalue weighted by Crippen LogP contribution is 1.88. The summed E-state index contributed by atoms with van der Waals surface area (Å²) < 4.78 is 0. The Hall–Kier alpha value is -1.12. The quantitative estimate of drug-likeness (QED) is 0.603. The molecule has 0 fully saturated rings. The lowest BCUT2D eigenvalue weighted by atomic mass is 10.2. The molecular weight excluding hydrogens is 142 g/mol. The molecule has 0 saturated carbocycles. The molecule has 0 aliphatic carbocycles. The van der Waals surface area contributed by atoms with E-state index in [-0.39, 0.29) is 5.57 Å². The normalized spacial score (nSPS) is 7.55. The maximum Gasteiger partial charge on any atom is 0.354 e. The zero-order chi connectivity index (χ0) is 9.44. The highest BCUT2D eigenvalue weighted by Gasteiger charge is 2.04. The van der Waals surface area contributed by atoms with Crippen molar-refractivity contribution in [2.24, 2.45) is 0 Å². The molecule has 2 N–H and O–H groups in total. The van der Waals surface area contributed by atoms with Crippen LogP contribution in [0.4, 0.5) is 0 Å². The molecule has 0 radical (unpaired) electrons. The first-order valence-corrected chi connectivity index (χ1v) is 3.45. The van der Waals surface area contributed by atoms with E-state index in [1.54, 1.807) is 0 Å². The van der Waals surface area contributed by atoms with Gasteiger partial charge in [0.2, 0.25) is 0 Å². The van der Waals surface area contributed by atoms with Crippen LogP contribution in [0.5, 0.6) is 0 Å². The third-order valence-electron chi connectivity index (χ3n) is 0.641. The van der Waals surface area contributed by atoms with E-state index in [1.165, 1.54) is 13.3 Å². The lowest BCUT2D eigenvalue weighted by molar-refractivity contribution is -0.129. The van der Waals surface area contributed by atoms with Crippen molar-refractivity contribution in [2.45, 2.75) is 27.2 Å². The zero-order valence-electron chi connectivity index (χ0n) is 7.27. The number of hydrogen-bond donors (Lipinski definition) is 2. The Bertz CT molecular complexity index is 145. The molecule has 64 valence electrons. The van der Waals surface area contributed by atoms with Crippen molar-refractivity contribution in [3.63, 3.8) is 0 Å². The topological polar surface area (TPSA) is 61.2 Å². The monoisotopic (exact) mass is 157 g/mol. The largest absolute Gasteiger partial charge is 0.477 e.